The molecule has 0 bridgehead atoms. The molecule has 2 aliphatic carbocycles. The molecule has 0 saturated heterocycles. The van der Waals surface area contributed by atoms with Gasteiger partial charge < -0.3 is 20.5 Å². The smallest absolute Gasteiger partial charge is 0.319 e. The van der Waals surface area contributed by atoms with Gasteiger partial charge in [0.05, 0.1) is 12.2 Å². The van der Waals surface area contributed by atoms with Crippen LogP contribution in [0, 0.1) is 5.82 Å². The van der Waals surface area contributed by atoms with Crippen LogP contribution in [0.2, 0.25) is 0 Å². The summed E-state index contributed by atoms with van der Waals surface area (Å²) in [6.45, 7) is 0. The molecule has 5 nitrogen and oxygen atoms in total. The zero-order valence-electron chi connectivity index (χ0n) is 13.8. The first-order chi connectivity index (χ1) is 11.6. The first-order valence-electron chi connectivity index (χ1n) is 8.82. The van der Waals surface area contributed by atoms with E-state index in [-0.39, 0.29) is 30.0 Å². The molecule has 6 heteroatoms. The van der Waals surface area contributed by atoms with Gasteiger partial charge >= 0.3 is 6.03 Å². The molecule has 2 amide bonds. The lowest BCUT2D eigenvalue weighted by molar-refractivity contribution is 0.118. The van der Waals surface area contributed by atoms with Gasteiger partial charge in [-0.2, -0.15) is 0 Å². The Morgan fingerprint density at radius 1 is 1.12 bits per heavy atom. The normalized spacial score (nSPS) is 24.6. The number of aliphatic hydroxyl groups excluding tert-OH is 1. The van der Waals surface area contributed by atoms with E-state index in [0.29, 0.717) is 18.5 Å². The van der Waals surface area contributed by atoms with Gasteiger partial charge in [-0.25, -0.2) is 9.18 Å². The molecule has 3 N–H and O–H groups in total. The molecule has 132 valence electrons. The number of anilines is 1. The number of halogens is 1. The number of rotatable bonds is 4. The molecule has 24 heavy (non-hydrogen) atoms. The molecule has 2 saturated carbocycles. The second-order valence-corrected chi connectivity index (χ2v) is 6.77. The van der Waals surface area contributed by atoms with Crippen molar-refractivity contribution in [2.24, 2.45) is 0 Å². The van der Waals surface area contributed by atoms with Gasteiger partial charge in [-0.3, -0.25) is 0 Å². The Balaban J connectivity index is 1.51. The van der Waals surface area contributed by atoms with Crippen LogP contribution in [-0.2, 0) is 0 Å². The quantitative estimate of drug-likeness (QED) is 0.787. The number of urea groups is 1. The summed E-state index contributed by atoms with van der Waals surface area (Å²) in [5, 5.41) is 15.0. The number of benzene rings is 1. The molecule has 1 aromatic carbocycles. The van der Waals surface area contributed by atoms with Crippen LogP contribution in [0.4, 0.5) is 14.9 Å². The van der Waals surface area contributed by atoms with Gasteiger partial charge in [-0.15, -0.1) is 0 Å². The van der Waals surface area contributed by atoms with Crippen LogP contribution in [0.15, 0.2) is 18.2 Å². The lowest BCUT2D eigenvalue weighted by Gasteiger charge is -2.26. The van der Waals surface area contributed by atoms with Crippen molar-refractivity contribution in [3.63, 3.8) is 0 Å². The molecule has 0 aliphatic heterocycles. The summed E-state index contributed by atoms with van der Waals surface area (Å²) in [6, 6.07) is 4.22. The largest absolute Gasteiger partial charge is 0.487 e. The second kappa shape index (κ2) is 7.83. The van der Waals surface area contributed by atoms with Crippen LogP contribution in [0.25, 0.3) is 0 Å². The highest BCUT2D eigenvalue weighted by molar-refractivity contribution is 5.89. The van der Waals surface area contributed by atoms with Crippen LogP contribution in [-0.4, -0.2) is 29.4 Å². The monoisotopic (exact) mass is 336 g/mol. The van der Waals surface area contributed by atoms with Crippen LogP contribution >= 0.6 is 0 Å². The number of amides is 2. The van der Waals surface area contributed by atoms with Crippen molar-refractivity contribution in [2.45, 2.75) is 69.6 Å². The molecule has 2 fully saturated rings. The molecular formula is C18H25FN2O3. The van der Waals surface area contributed by atoms with Gasteiger partial charge in [-0.05, 0) is 63.5 Å². The van der Waals surface area contributed by atoms with Crippen molar-refractivity contribution in [1.29, 1.82) is 0 Å². The van der Waals surface area contributed by atoms with E-state index in [1.807, 2.05) is 0 Å². The average Bonchev–Trinajstić information content (AvgIpc) is 3.05. The van der Waals surface area contributed by atoms with Crippen LogP contribution in [0.5, 0.6) is 5.75 Å². The number of aliphatic hydroxyl groups is 1. The third-order valence-corrected chi connectivity index (χ3v) is 4.82. The first-order valence-corrected chi connectivity index (χ1v) is 8.82. The van der Waals surface area contributed by atoms with Crippen molar-refractivity contribution in [3.05, 3.63) is 24.0 Å². The lowest BCUT2D eigenvalue weighted by Crippen LogP contribution is -2.40. The van der Waals surface area contributed by atoms with E-state index in [0.717, 1.165) is 38.5 Å². The van der Waals surface area contributed by atoms with Gasteiger partial charge in [0.2, 0.25) is 0 Å². The Morgan fingerprint density at radius 3 is 2.50 bits per heavy atom. The number of hydrogen-bond donors (Lipinski definition) is 3. The van der Waals surface area contributed by atoms with Crippen LogP contribution in [0.1, 0.15) is 51.4 Å². The number of carbonyl (C=O) groups excluding carboxylic acids is 1. The van der Waals surface area contributed by atoms with Gasteiger partial charge in [0.15, 0.2) is 11.6 Å². The third kappa shape index (κ3) is 4.60. The molecule has 0 unspecified atom stereocenters. The number of carbonyl (C=O) groups is 1. The Kier molecular flexibility index (Phi) is 5.56. The molecular weight excluding hydrogens is 311 g/mol. The Hall–Kier alpha value is -1.82. The van der Waals surface area contributed by atoms with Crippen molar-refractivity contribution >= 4 is 11.7 Å². The maximum Gasteiger partial charge on any atom is 0.319 e. The van der Waals surface area contributed by atoms with E-state index in [9.17, 15) is 14.3 Å². The Labute approximate surface area is 141 Å². The fourth-order valence-electron chi connectivity index (χ4n) is 3.43. The number of nitrogens with one attached hydrogen (secondary N) is 2. The minimum atomic E-state index is -0.458. The van der Waals surface area contributed by atoms with E-state index in [1.165, 1.54) is 6.07 Å². The van der Waals surface area contributed by atoms with Crippen LogP contribution < -0.4 is 15.4 Å². The molecule has 1 aromatic rings. The van der Waals surface area contributed by atoms with Crippen LogP contribution in [0.3, 0.4) is 0 Å². The zero-order chi connectivity index (χ0) is 16.9. The van der Waals surface area contributed by atoms with Gasteiger partial charge in [0, 0.05) is 17.8 Å². The summed E-state index contributed by atoms with van der Waals surface area (Å²) in [6.07, 6.45) is 6.97. The van der Waals surface area contributed by atoms with E-state index < -0.39 is 5.82 Å². The minimum Gasteiger partial charge on any atom is -0.487 e. The molecule has 0 atom stereocenters. The molecule has 2 aliphatic rings. The van der Waals surface area contributed by atoms with Crippen molar-refractivity contribution in [3.8, 4) is 5.75 Å². The third-order valence-electron chi connectivity index (χ3n) is 4.82. The zero-order valence-corrected chi connectivity index (χ0v) is 13.8. The second-order valence-electron chi connectivity index (χ2n) is 6.77. The van der Waals surface area contributed by atoms with E-state index in [2.05, 4.69) is 10.6 Å². The molecule has 0 radical (unpaired) electrons. The SMILES string of the molecule is O=C(Nc1ccc(OC2CCCC2)c(F)c1)NC1CCC(O)CC1. The maximum atomic E-state index is 14.1. The number of ether oxygens (including phenoxy) is 1. The highest BCUT2D eigenvalue weighted by Gasteiger charge is 2.21. The molecule has 0 spiro atoms. The summed E-state index contributed by atoms with van der Waals surface area (Å²) >= 11 is 0. The molecule has 0 aromatic heterocycles. The molecule has 3 rings (SSSR count). The topological polar surface area (TPSA) is 70.6 Å². The van der Waals surface area contributed by atoms with Crippen molar-refractivity contribution < 1.29 is 19.0 Å². The van der Waals surface area contributed by atoms with E-state index in [1.54, 1.807) is 12.1 Å². The summed E-state index contributed by atoms with van der Waals surface area (Å²) in [5.74, 6) is -0.213. The summed E-state index contributed by atoms with van der Waals surface area (Å²) in [4.78, 5) is 12.0. The van der Waals surface area contributed by atoms with Gasteiger partial charge in [0.1, 0.15) is 0 Å². The van der Waals surface area contributed by atoms with Gasteiger partial charge in [0.25, 0.3) is 0 Å². The average molecular weight is 336 g/mol. The summed E-state index contributed by atoms with van der Waals surface area (Å²) in [5.41, 5.74) is 0.402. The highest BCUT2D eigenvalue weighted by atomic mass is 19.1. The lowest BCUT2D eigenvalue weighted by atomic mass is 9.93. The Morgan fingerprint density at radius 2 is 1.83 bits per heavy atom. The van der Waals surface area contributed by atoms with Crippen molar-refractivity contribution in [2.75, 3.05) is 5.32 Å². The Bertz CT molecular complexity index is 567. The first kappa shape index (κ1) is 17.0. The fourth-order valence-corrected chi connectivity index (χ4v) is 3.43. The summed E-state index contributed by atoms with van der Waals surface area (Å²) in [7, 11) is 0. The fraction of sp³-hybridized carbons (Fsp3) is 0.611. The maximum absolute atomic E-state index is 14.1. The predicted octanol–water partition coefficient (Wildman–Crippen LogP) is 3.57. The standard InChI is InChI=1S/C18H25FN2O3/c19-16-11-13(7-10-17(16)24-15-3-1-2-4-15)21-18(23)20-12-5-8-14(22)9-6-12/h7,10-12,14-15,22H,1-6,8-9H2,(H2,20,21,23). The minimum absolute atomic E-state index is 0.0585. The van der Waals surface area contributed by atoms with Gasteiger partial charge in [-0.1, -0.05) is 0 Å². The van der Waals surface area contributed by atoms with E-state index in [4.69, 9.17) is 4.74 Å². The van der Waals surface area contributed by atoms with Crippen molar-refractivity contribution in [1.82, 2.24) is 5.32 Å². The molecule has 0 heterocycles. The highest BCUT2D eigenvalue weighted by Crippen LogP contribution is 2.27. The number of hydrogen-bond acceptors (Lipinski definition) is 3. The van der Waals surface area contributed by atoms with E-state index >= 15 is 0 Å². The predicted molar refractivity (Wildman–Crippen MR) is 89.7 cm³/mol. The summed E-state index contributed by atoms with van der Waals surface area (Å²) < 4.78 is 19.8.